The number of ether oxygens (including phenoxy) is 2. The topological polar surface area (TPSA) is 83.0 Å². The van der Waals surface area contributed by atoms with Crippen molar-refractivity contribution in [2.24, 2.45) is 4.99 Å². The van der Waals surface area contributed by atoms with E-state index in [2.05, 4.69) is 36.9 Å². The molecule has 1 atom stereocenters. The van der Waals surface area contributed by atoms with Crippen molar-refractivity contribution in [1.82, 2.24) is 4.57 Å². The smallest absolute Gasteiger partial charge is 0.338 e. The molecule has 0 aliphatic carbocycles. The van der Waals surface area contributed by atoms with E-state index in [4.69, 9.17) is 13.9 Å². The fraction of sp³-hybridized carbons (Fsp3) is 0.227. The van der Waals surface area contributed by atoms with Crippen molar-refractivity contribution in [3.8, 4) is 5.75 Å². The molecule has 7 nitrogen and oxygen atoms in total. The number of thiazole rings is 1. The quantitative estimate of drug-likeness (QED) is 0.426. The summed E-state index contributed by atoms with van der Waals surface area (Å²) >= 11 is 8.00. The fourth-order valence-electron chi connectivity index (χ4n) is 3.49. The molecular weight excluding hydrogens is 564 g/mol. The second-order valence-corrected chi connectivity index (χ2v) is 9.48. The lowest BCUT2D eigenvalue weighted by molar-refractivity contribution is -0.139. The molecule has 166 valence electrons. The first kappa shape index (κ1) is 22.8. The van der Waals surface area contributed by atoms with Gasteiger partial charge in [-0.25, -0.2) is 9.79 Å². The van der Waals surface area contributed by atoms with E-state index < -0.39 is 12.0 Å². The number of carbonyl (C=O) groups excluding carboxylic acids is 1. The molecule has 0 fully saturated rings. The minimum Gasteiger partial charge on any atom is -0.496 e. The van der Waals surface area contributed by atoms with Crippen LogP contribution < -0.4 is 19.6 Å². The predicted molar refractivity (Wildman–Crippen MR) is 128 cm³/mol. The number of furan rings is 1. The van der Waals surface area contributed by atoms with Crippen LogP contribution >= 0.6 is 43.2 Å². The van der Waals surface area contributed by atoms with Gasteiger partial charge in [0.25, 0.3) is 5.56 Å². The van der Waals surface area contributed by atoms with Crippen LogP contribution in [0.15, 0.2) is 64.9 Å². The first-order chi connectivity index (χ1) is 15.3. The Bertz CT molecular complexity index is 1420. The van der Waals surface area contributed by atoms with Crippen molar-refractivity contribution in [3.63, 3.8) is 0 Å². The Labute approximate surface area is 203 Å². The molecule has 1 aliphatic heterocycles. The molecular formula is C22H18Br2N2O5S. The van der Waals surface area contributed by atoms with Gasteiger partial charge in [0.1, 0.15) is 11.5 Å². The standard InChI is InChI=1S/C22H18Br2N2O5S/c1-4-30-21(28)18-11(2)25-22-26(19(18)12-5-7-15(29-3)14(23)9-12)20(27)16(32-22)10-13-6-8-17(24)31-13/h5-10,19H,4H2,1-3H3/b16-10+/t19-/m1/s1. The molecule has 0 saturated heterocycles. The van der Waals surface area contributed by atoms with Crippen LogP contribution in [0.5, 0.6) is 5.75 Å². The van der Waals surface area contributed by atoms with Gasteiger partial charge in [-0.1, -0.05) is 17.4 Å². The maximum absolute atomic E-state index is 13.5. The van der Waals surface area contributed by atoms with E-state index in [1.54, 1.807) is 45.2 Å². The second-order valence-electron chi connectivity index (χ2n) is 6.84. The van der Waals surface area contributed by atoms with Gasteiger partial charge in [-0.2, -0.15) is 0 Å². The Morgan fingerprint density at radius 2 is 2.09 bits per heavy atom. The van der Waals surface area contributed by atoms with Gasteiger partial charge in [-0.3, -0.25) is 9.36 Å². The Hall–Kier alpha value is -2.43. The number of rotatable bonds is 5. The van der Waals surface area contributed by atoms with Gasteiger partial charge in [-0.15, -0.1) is 0 Å². The summed E-state index contributed by atoms with van der Waals surface area (Å²) in [6, 6.07) is 8.26. The zero-order valence-corrected chi connectivity index (χ0v) is 21.3. The lowest BCUT2D eigenvalue weighted by Crippen LogP contribution is -2.39. The Morgan fingerprint density at radius 1 is 1.31 bits per heavy atom. The number of nitrogens with zero attached hydrogens (tertiary/aromatic N) is 2. The largest absolute Gasteiger partial charge is 0.496 e. The highest BCUT2D eigenvalue weighted by molar-refractivity contribution is 9.10. The molecule has 0 amide bonds. The Balaban J connectivity index is 1.97. The highest BCUT2D eigenvalue weighted by Crippen LogP contribution is 2.35. The summed E-state index contributed by atoms with van der Waals surface area (Å²) in [5, 5.41) is 0. The van der Waals surface area contributed by atoms with Crippen molar-refractivity contribution >= 4 is 55.2 Å². The van der Waals surface area contributed by atoms with Crippen LogP contribution in [0, 0.1) is 0 Å². The molecule has 3 heterocycles. The number of carbonyl (C=O) groups is 1. The number of allylic oxidation sites excluding steroid dienone is 1. The maximum Gasteiger partial charge on any atom is 0.338 e. The third-order valence-corrected chi connectivity index (χ3v) is 6.90. The molecule has 1 aromatic carbocycles. The van der Waals surface area contributed by atoms with Crippen LogP contribution in [0.3, 0.4) is 0 Å². The van der Waals surface area contributed by atoms with Crippen molar-refractivity contribution < 1.29 is 18.7 Å². The van der Waals surface area contributed by atoms with Crippen molar-refractivity contribution in [2.75, 3.05) is 13.7 Å². The second kappa shape index (κ2) is 9.21. The number of methoxy groups -OCH3 is 1. The van der Waals surface area contributed by atoms with E-state index in [1.165, 1.54) is 15.9 Å². The molecule has 4 rings (SSSR count). The molecule has 0 saturated carbocycles. The molecule has 32 heavy (non-hydrogen) atoms. The van der Waals surface area contributed by atoms with Gasteiger partial charge in [0.15, 0.2) is 9.47 Å². The van der Waals surface area contributed by atoms with Crippen molar-refractivity contribution in [1.29, 1.82) is 0 Å². The maximum atomic E-state index is 13.5. The molecule has 0 N–H and O–H groups in total. The van der Waals surface area contributed by atoms with E-state index in [-0.39, 0.29) is 12.2 Å². The fourth-order valence-corrected chi connectivity index (χ4v) is 5.40. The Kier molecular flexibility index (Phi) is 6.55. The van der Waals surface area contributed by atoms with Gasteiger partial charge < -0.3 is 13.9 Å². The zero-order chi connectivity index (χ0) is 23.0. The number of hydrogen-bond donors (Lipinski definition) is 0. The highest BCUT2D eigenvalue weighted by Gasteiger charge is 2.33. The van der Waals surface area contributed by atoms with Crippen LogP contribution in [0.4, 0.5) is 0 Å². The van der Waals surface area contributed by atoms with Crippen LogP contribution in [0.1, 0.15) is 31.2 Å². The van der Waals surface area contributed by atoms with Crippen LogP contribution in [-0.4, -0.2) is 24.3 Å². The summed E-state index contributed by atoms with van der Waals surface area (Å²) in [5.41, 5.74) is 1.29. The molecule has 0 unspecified atom stereocenters. The third kappa shape index (κ3) is 4.14. The van der Waals surface area contributed by atoms with E-state index in [0.29, 0.717) is 41.3 Å². The van der Waals surface area contributed by atoms with Gasteiger partial charge in [-0.05, 0) is 75.5 Å². The average molecular weight is 582 g/mol. The van der Waals surface area contributed by atoms with E-state index >= 15 is 0 Å². The Morgan fingerprint density at radius 3 is 2.72 bits per heavy atom. The predicted octanol–water partition coefficient (Wildman–Crippen LogP) is 3.92. The third-order valence-electron chi connectivity index (χ3n) is 4.88. The SMILES string of the molecule is CCOC(=O)C1=C(C)N=c2s/c(=C/c3ccc(Br)o3)c(=O)n2[C@@H]1c1ccc(OC)c(Br)c1. The van der Waals surface area contributed by atoms with E-state index in [1.807, 2.05) is 12.1 Å². The first-order valence-electron chi connectivity index (χ1n) is 9.62. The number of aromatic nitrogens is 1. The van der Waals surface area contributed by atoms with Gasteiger partial charge in [0.2, 0.25) is 0 Å². The molecule has 0 spiro atoms. The van der Waals surface area contributed by atoms with E-state index in [9.17, 15) is 9.59 Å². The molecule has 10 heteroatoms. The molecule has 1 aliphatic rings. The average Bonchev–Trinajstić information content (AvgIpc) is 3.29. The van der Waals surface area contributed by atoms with E-state index in [0.717, 1.165) is 5.56 Å². The number of hydrogen-bond acceptors (Lipinski definition) is 7. The normalized spacial score (nSPS) is 16.0. The summed E-state index contributed by atoms with van der Waals surface area (Å²) in [4.78, 5) is 31.4. The summed E-state index contributed by atoms with van der Waals surface area (Å²) < 4.78 is 19.4. The van der Waals surface area contributed by atoms with Gasteiger partial charge in [0, 0.05) is 6.08 Å². The zero-order valence-electron chi connectivity index (χ0n) is 17.3. The summed E-state index contributed by atoms with van der Waals surface area (Å²) in [6.45, 7) is 3.70. The number of fused-ring (bicyclic) bond motifs is 1. The lowest BCUT2D eigenvalue weighted by Gasteiger charge is -2.25. The van der Waals surface area contributed by atoms with Crippen LogP contribution in [-0.2, 0) is 9.53 Å². The summed E-state index contributed by atoms with van der Waals surface area (Å²) in [7, 11) is 1.57. The van der Waals surface area contributed by atoms with Crippen molar-refractivity contribution in [2.45, 2.75) is 19.9 Å². The number of esters is 1. The molecule has 3 aromatic rings. The first-order valence-corrected chi connectivity index (χ1v) is 12.0. The van der Waals surface area contributed by atoms with Crippen LogP contribution in [0.2, 0.25) is 0 Å². The van der Waals surface area contributed by atoms with Crippen LogP contribution in [0.25, 0.3) is 6.08 Å². The lowest BCUT2D eigenvalue weighted by atomic mass is 9.96. The minimum atomic E-state index is -0.696. The minimum absolute atomic E-state index is 0.215. The molecule has 0 radical (unpaired) electrons. The monoisotopic (exact) mass is 580 g/mol. The number of halogens is 2. The number of benzene rings is 1. The summed E-state index contributed by atoms with van der Waals surface area (Å²) in [6.07, 6.45) is 1.67. The van der Waals surface area contributed by atoms with Gasteiger partial charge >= 0.3 is 5.97 Å². The molecule has 0 bridgehead atoms. The van der Waals surface area contributed by atoms with Crippen molar-refractivity contribution in [3.05, 3.63) is 81.8 Å². The van der Waals surface area contributed by atoms with Gasteiger partial charge in [0.05, 0.1) is 40.0 Å². The highest BCUT2D eigenvalue weighted by atomic mass is 79.9. The molecule has 2 aromatic heterocycles. The summed E-state index contributed by atoms with van der Waals surface area (Å²) in [5.74, 6) is 0.671.